The number of amidine groups is 2. The zero-order valence-electron chi connectivity index (χ0n) is 16.6. The Balaban J connectivity index is 1.53. The van der Waals surface area contributed by atoms with Crippen molar-refractivity contribution < 1.29 is 17.9 Å². The van der Waals surface area contributed by atoms with Crippen LogP contribution in [0, 0.1) is 5.41 Å². The first-order valence-electron chi connectivity index (χ1n) is 9.24. The number of hydrazone groups is 1. The maximum absolute atomic E-state index is 12.4. The van der Waals surface area contributed by atoms with Crippen LogP contribution in [0.4, 0.5) is 0 Å². The largest absolute Gasteiger partial charge is 0.486 e. The molecule has 0 spiro atoms. The van der Waals surface area contributed by atoms with Gasteiger partial charge in [-0.25, -0.2) is 8.42 Å². The molecule has 8 nitrogen and oxygen atoms in total. The molecule has 0 fully saturated rings. The topological polar surface area (TPSA) is 112 Å². The summed E-state index contributed by atoms with van der Waals surface area (Å²) in [5, 5.41) is 13.3. The van der Waals surface area contributed by atoms with Crippen LogP contribution in [-0.4, -0.2) is 41.0 Å². The van der Waals surface area contributed by atoms with Crippen LogP contribution < -0.4 is 4.74 Å². The summed E-state index contributed by atoms with van der Waals surface area (Å²) in [5.74, 6) is -0.173. The molecule has 2 aromatic carbocycles. The first-order chi connectivity index (χ1) is 14.7. The van der Waals surface area contributed by atoms with E-state index in [1.54, 1.807) is 24.3 Å². The van der Waals surface area contributed by atoms with Gasteiger partial charge in [-0.15, -0.1) is 5.10 Å². The highest BCUT2D eigenvalue weighted by molar-refractivity contribution is 8.42. The molecule has 0 bridgehead atoms. The van der Waals surface area contributed by atoms with Crippen LogP contribution in [-0.2, 0) is 14.6 Å². The predicted octanol–water partition coefficient (Wildman–Crippen LogP) is 3.45. The van der Waals surface area contributed by atoms with E-state index in [2.05, 4.69) is 10.1 Å². The second kappa shape index (κ2) is 8.12. The minimum Gasteiger partial charge on any atom is -0.486 e. The molecule has 2 aromatic rings. The number of sulfone groups is 1. The number of carbonyl (C=O) groups is 1. The summed E-state index contributed by atoms with van der Waals surface area (Å²) in [6, 6.07) is 16.9. The van der Waals surface area contributed by atoms with Crippen LogP contribution in [0.25, 0.3) is 6.08 Å². The Morgan fingerprint density at radius 1 is 1.13 bits per heavy atom. The molecule has 0 aliphatic carbocycles. The molecule has 0 radical (unpaired) electrons. The number of fused-ring (bicyclic) bond motifs is 1. The quantitative estimate of drug-likeness (QED) is 0.708. The Bertz CT molecular complexity index is 1250. The second-order valence-electron chi connectivity index (χ2n) is 6.90. The second-order valence-corrected chi connectivity index (χ2v) is 10.0. The van der Waals surface area contributed by atoms with Gasteiger partial charge in [-0.2, -0.15) is 10.0 Å². The summed E-state index contributed by atoms with van der Waals surface area (Å²) in [4.78, 5) is 16.3. The number of thioether (sulfide) groups is 1. The van der Waals surface area contributed by atoms with E-state index in [-0.39, 0.29) is 27.1 Å². The summed E-state index contributed by atoms with van der Waals surface area (Å²) in [6.45, 7) is 1.96. The van der Waals surface area contributed by atoms with Crippen molar-refractivity contribution in [2.24, 2.45) is 10.1 Å². The fourth-order valence-electron chi connectivity index (χ4n) is 2.93. The normalized spacial score (nSPS) is 18.5. The van der Waals surface area contributed by atoms with Gasteiger partial charge in [0.2, 0.25) is 19.4 Å². The van der Waals surface area contributed by atoms with Crippen molar-refractivity contribution in [2.75, 3.05) is 6.26 Å². The van der Waals surface area contributed by atoms with E-state index in [0.29, 0.717) is 11.3 Å². The van der Waals surface area contributed by atoms with Gasteiger partial charge in [0.15, 0.2) is 5.84 Å². The maximum Gasteiger partial charge on any atom is 0.283 e. The molecular weight excluding hydrogens is 436 g/mol. The van der Waals surface area contributed by atoms with E-state index in [4.69, 9.17) is 10.1 Å². The molecule has 1 atom stereocenters. The molecule has 2 heterocycles. The third kappa shape index (κ3) is 4.44. The Kier molecular flexibility index (Phi) is 5.50. The van der Waals surface area contributed by atoms with Crippen molar-refractivity contribution in [1.82, 2.24) is 5.01 Å². The number of nitrogens with zero attached hydrogens (tertiary/aromatic N) is 3. The van der Waals surface area contributed by atoms with E-state index in [0.717, 1.165) is 28.6 Å². The van der Waals surface area contributed by atoms with Gasteiger partial charge in [0, 0.05) is 6.26 Å². The number of benzene rings is 2. The van der Waals surface area contributed by atoms with Crippen molar-refractivity contribution in [3.05, 3.63) is 71.3 Å². The van der Waals surface area contributed by atoms with Crippen LogP contribution in [0.1, 0.15) is 24.2 Å². The van der Waals surface area contributed by atoms with E-state index in [9.17, 15) is 13.2 Å². The molecule has 0 saturated carbocycles. The summed E-state index contributed by atoms with van der Waals surface area (Å²) in [6.07, 6.45) is 2.41. The van der Waals surface area contributed by atoms with Crippen molar-refractivity contribution in [3.8, 4) is 5.75 Å². The fourth-order valence-corrected chi connectivity index (χ4v) is 4.61. The molecular formula is C21H18N4O4S2. The van der Waals surface area contributed by atoms with Crippen molar-refractivity contribution in [3.63, 3.8) is 0 Å². The number of hydrogen-bond donors (Lipinski definition) is 1. The van der Waals surface area contributed by atoms with E-state index < -0.39 is 15.7 Å². The molecule has 31 heavy (non-hydrogen) atoms. The lowest BCUT2D eigenvalue weighted by Crippen LogP contribution is -2.35. The van der Waals surface area contributed by atoms with Gasteiger partial charge in [0.05, 0.1) is 5.57 Å². The lowest BCUT2D eigenvalue weighted by molar-refractivity contribution is -0.114. The molecule has 2 aliphatic heterocycles. The average molecular weight is 455 g/mol. The minimum absolute atomic E-state index is 0.0224. The van der Waals surface area contributed by atoms with Gasteiger partial charge >= 0.3 is 0 Å². The molecule has 4 rings (SSSR count). The van der Waals surface area contributed by atoms with Crippen LogP contribution in [0.3, 0.4) is 0 Å². The standard InChI is InChI=1S/C21H18N4O4S2/c1-13(15-6-4-3-5-7-15)29-16-10-8-14(9-11-16)12-17-18(22)25-20(23-19(17)26)30-21(24-25)31(2,27)28/h3-13,22H,1-2H3/b17-12-,22-18?. The highest BCUT2D eigenvalue weighted by atomic mass is 32.3. The first kappa shape index (κ1) is 21.0. The molecule has 1 unspecified atom stereocenters. The number of carbonyl (C=O) groups excluding carboxylic acids is 1. The molecule has 1 amide bonds. The average Bonchev–Trinajstić information content (AvgIpc) is 3.18. The number of amides is 1. The van der Waals surface area contributed by atoms with Gasteiger partial charge in [0.1, 0.15) is 11.9 Å². The van der Waals surface area contributed by atoms with Gasteiger partial charge in [-0.05, 0) is 48.0 Å². The zero-order valence-corrected chi connectivity index (χ0v) is 18.3. The molecule has 2 aliphatic rings. The number of rotatable bonds is 4. The van der Waals surface area contributed by atoms with Crippen LogP contribution in [0.5, 0.6) is 5.75 Å². The molecule has 0 aromatic heterocycles. The third-order valence-corrected chi connectivity index (χ3v) is 7.10. The summed E-state index contributed by atoms with van der Waals surface area (Å²) in [5.41, 5.74) is 1.75. The molecule has 10 heteroatoms. The first-order valence-corrected chi connectivity index (χ1v) is 11.9. The number of aliphatic imine (C=N–C) groups is 1. The maximum atomic E-state index is 12.4. The van der Waals surface area contributed by atoms with Crippen molar-refractivity contribution >= 4 is 49.0 Å². The van der Waals surface area contributed by atoms with Crippen LogP contribution >= 0.6 is 11.8 Å². The monoisotopic (exact) mass is 454 g/mol. The third-order valence-electron chi connectivity index (χ3n) is 4.53. The van der Waals surface area contributed by atoms with Crippen LogP contribution in [0.2, 0.25) is 0 Å². The lowest BCUT2D eigenvalue weighted by atomic mass is 10.1. The SMILES string of the molecule is CC(Oc1ccc(/C=C2/C(=N)N3N=C(S(C)(=O)=O)SC3=NC2=O)cc1)c1ccccc1. The highest BCUT2D eigenvalue weighted by Gasteiger charge is 2.38. The van der Waals surface area contributed by atoms with E-state index in [1.807, 2.05) is 37.3 Å². The Morgan fingerprint density at radius 2 is 1.81 bits per heavy atom. The number of nitrogens with one attached hydrogen (secondary N) is 1. The molecule has 1 N–H and O–H groups in total. The fraction of sp³-hybridized carbons (Fsp3) is 0.143. The number of hydrogen-bond acceptors (Lipinski definition) is 7. The van der Waals surface area contributed by atoms with Gasteiger partial charge in [0.25, 0.3) is 5.91 Å². The Labute approximate surface area is 183 Å². The van der Waals surface area contributed by atoms with Crippen molar-refractivity contribution in [2.45, 2.75) is 13.0 Å². The lowest BCUT2D eigenvalue weighted by Gasteiger charge is -2.20. The van der Waals surface area contributed by atoms with E-state index in [1.165, 1.54) is 6.08 Å². The smallest absolute Gasteiger partial charge is 0.283 e. The van der Waals surface area contributed by atoms with E-state index >= 15 is 0 Å². The van der Waals surface area contributed by atoms with Crippen LogP contribution in [0.15, 0.2) is 70.3 Å². The zero-order chi connectivity index (χ0) is 22.2. The minimum atomic E-state index is -3.56. The predicted molar refractivity (Wildman–Crippen MR) is 122 cm³/mol. The Morgan fingerprint density at radius 3 is 2.45 bits per heavy atom. The Hall–Kier alpha value is -3.24. The summed E-state index contributed by atoms with van der Waals surface area (Å²) < 4.78 is 29.2. The van der Waals surface area contributed by atoms with Gasteiger partial charge < -0.3 is 4.74 Å². The van der Waals surface area contributed by atoms with Crippen molar-refractivity contribution in [1.29, 1.82) is 5.41 Å². The summed E-state index contributed by atoms with van der Waals surface area (Å²) in [7, 11) is -3.56. The molecule has 158 valence electrons. The number of ether oxygens (including phenoxy) is 1. The van der Waals surface area contributed by atoms with Gasteiger partial charge in [-0.3, -0.25) is 10.2 Å². The molecule has 0 saturated heterocycles. The van der Waals surface area contributed by atoms with Gasteiger partial charge in [-0.1, -0.05) is 42.5 Å². The summed E-state index contributed by atoms with van der Waals surface area (Å²) >= 11 is 0.756. The highest BCUT2D eigenvalue weighted by Crippen LogP contribution is 2.30.